The Morgan fingerprint density at radius 3 is 2.68 bits per heavy atom. The number of rotatable bonds is 3. The molecule has 10 heteroatoms. The summed E-state index contributed by atoms with van der Waals surface area (Å²) in [6.07, 6.45) is -0.373. The highest BCUT2D eigenvalue weighted by Gasteiger charge is 2.32. The van der Waals surface area contributed by atoms with E-state index in [2.05, 4.69) is 5.32 Å². The quantitative estimate of drug-likeness (QED) is 0.497. The van der Waals surface area contributed by atoms with Crippen LogP contribution in [-0.2, 0) is 4.79 Å². The van der Waals surface area contributed by atoms with Crippen LogP contribution in [-0.4, -0.2) is 65.4 Å². The average Bonchev–Trinajstić information content (AvgIpc) is 3.43. The summed E-state index contributed by atoms with van der Waals surface area (Å²) < 4.78 is 16.3. The molecular formula is C24H24N2O8. The molecule has 1 aromatic heterocycles. The molecule has 0 radical (unpaired) electrons. The van der Waals surface area contributed by atoms with Crippen LogP contribution in [0.15, 0.2) is 46.9 Å². The maximum Gasteiger partial charge on any atom is 0.290 e. The monoisotopic (exact) mass is 468 g/mol. The number of carbonyl (C=O) groups is 3. The average molecular weight is 468 g/mol. The second-order valence-electron chi connectivity index (χ2n) is 8.02. The van der Waals surface area contributed by atoms with Gasteiger partial charge in [-0.25, -0.2) is 0 Å². The Kier molecular flexibility index (Phi) is 6.69. The standard InChI is InChI=1S/C23H22N2O6.CH2O2/c1-13-7-14-3-2-4-18(21(14)31-13)23(28)25-10-16(9-17(26)11-25)24-22(27)15-5-6-19-20(8-15)30-12-29-19;2-1-3/h2-8,16-17,26H,9-12H2,1H3,(H,24,27);1H,(H,2,3)/t16-,17+;/m0./s1. The maximum absolute atomic E-state index is 13.2. The van der Waals surface area contributed by atoms with Crippen LogP contribution in [0.1, 0.15) is 32.9 Å². The van der Waals surface area contributed by atoms with Crippen LogP contribution < -0.4 is 14.8 Å². The summed E-state index contributed by atoms with van der Waals surface area (Å²) in [4.78, 5) is 35.9. The molecule has 10 nitrogen and oxygen atoms in total. The SMILES string of the molecule is Cc1cc2cccc(C(=O)N3C[C@H](O)C[C@H](NC(=O)c4ccc5c(c4)OCO5)C3)c2o1.O=CO. The van der Waals surface area contributed by atoms with Gasteiger partial charge in [0.05, 0.1) is 11.7 Å². The van der Waals surface area contributed by atoms with Crippen LogP contribution in [0, 0.1) is 6.92 Å². The van der Waals surface area contributed by atoms with Crippen molar-refractivity contribution < 1.29 is 38.5 Å². The largest absolute Gasteiger partial charge is 0.483 e. The van der Waals surface area contributed by atoms with E-state index in [9.17, 15) is 14.7 Å². The number of nitrogens with zero attached hydrogens (tertiary/aromatic N) is 1. The Hall–Kier alpha value is -4.05. The number of amides is 2. The zero-order valence-corrected chi connectivity index (χ0v) is 18.4. The molecule has 0 spiro atoms. The fourth-order valence-corrected chi connectivity index (χ4v) is 4.18. The molecule has 0 saturated carbocycles. The lowest BCUT2D eigenvalue weighted by atomic mass is 10.0. The molecule has 2 aromatic carbocycles. The number of likely N-dealkylation sites (tertiary alicyclic amines) is 1. The normalized spacial score (nSPS) is 18.7. The highest BCUT2D eigenvalue weighted by molar-refractivity contribution is 6.05. The first-order valence-corrected chi connectivity index (χ1v) is 10.6. The molecule has 1 fully saturated rings. The summed E-state index contributed by atoms with van der Waals surface area (Å²) in [5.41, 5.74) is 1.41. The number of aryl methyl sites for hydroxylation is 1. The number of piperidine rings is 1. The number of carboxylic acid groups (broad SMARTS) is 1. The van der Waals surface area contributed by atoms with Crippen molar-refractivity contribution in [1.29, 1.82) is 0 Å². The highest BCUT2D eigenvalue weighted by atomic mass is 16.7. The number of aliphatic hydroxyl groups excluding tert-OH is 1. The molecule has 34 heavy (non-hydrogen) atoms. The van der Waals surface area contributed by atoms with Crippen LogP contribution in [0.25, 0.3) is 11.0 Å². The molecule has 2 amide bonds. The second kappa shape index (κ2) is 9.84. The Labute approximate surface area is 194 Å². The maximum atomic E-state index is 13.2. The number of fused-ring (bicyclic) bond motifs is 2. The number of hydrogen-bond donors (Lipinski definition) is 3. The second-order valence-corrected chi connectivity index (χ2v) is 8.02. The molecule has 178 valence electrons. The van der Waals surface area contributed by atoms with E-state index in [-0.39, 0.29) is 37.7 Å². The van der Waals surface area contributed by atoms with Crippen molar-refractivity contribution in [2.24, 2.45) is 0 Å². The fourth-order valence-electron chi connectivity index (χ4n) is 4.18. The first-order valence-electron chi connectivity index (χ1n) is 10.6. The predicted molar refractivity (Wildman–Crippen MR) is 120 cm³/mol. The van der Waals surface area contributed by atoms with E-state index >= 15 is 0 Å². The minimum absolute atomic E-state index is 0.133. The lowest BCUT2D eigenvalue weighted by molar-refractivity contribution is -0.122. The number of carbonyl (C=O) groups excluding carboxylic acids is 2. The Bertz CT molecular complexity index is 1220. The van der Waals surface area contributed by atoms with E-state index in [4.69, 9.17) is 23.8 Å². The number of aliphatic hydroxyl groups is 1. The molecule has 2 atom stereocenters. The zero-order valence-electron chi connectivity index (χ0n) is 18.4. The highest BCUT2D eigenvalue weighted by Crippen LogP contribution is 2.32. The van der Waals surface area contributed by atoms with Crippen molar-refractivity contribution in [2.45, 2.75) is 25.5 Å². The molecule has 0 bridgehead atoms. The zero-order chi connectivity index (χ0) is 24.2. The van der Waals surface area contributed by atoms with E-state index in [1.807, 2.05) is 25.1 Å². The van der Waals surface area contributed by atoms with Crippen molar-refractivity contribution in [3.05, 3.63) is 59.4 Å². The summed E-state index contributed by atoms with van der Waals surface area (Å²) in [6.45, 7) is 2.21. The predicted octanol–water partition coefficient (Wildman–Crippen LogP) is 2.18. The number of benzene rings is 2. The van der Waals surface area contributed by atoms with Gasteiger partial charge in [0.25, 0.3) is 18.3 Å². The number of nitrogens with one attached hydrogen (secondary N) is 1. The van der Waals surface area contributed by atoms with Gasteiger partial charge in [-0.3, -0.25) is 14.4 Å². The summed E-state index contributed by atoms with van der Waals surface area (Å²) in [6, 6.07) is 11.9. The molecule has 0 aliphatic carbocycles. The number of ether oxygens (including phenoxy) is 2. The van der Waals surface area contributed by atoms with Crippen LogP contribution in [0.5, 0.6) is 11.5 Å². The van der Waals surface area contributed by atoms with Crippen LogP contribution in [0.2, 0.25) is 0 Å². The summed E-state index contributed by atoms with van der Waals surface area (Å²) in [7, 11) is 0. The van der Waals surface area contributed by atoms with Crippen molar-refractivity contribution in [3.63, 3.8) is 0 Å². The number of furan rings is 1. The molecule has 0 unspecified atom stereocenters. The van der Waals surface area contributed by atoms with Crippen LogP contribution >= 0.6 is 0 Å². The Morgan fingerprint density at radius 1 is 1.12 bits per heavy atom. The van der Waals surface area contributed by atoms with E-state index in [0.717, 1.165) is 11.1 Å². The van der Waals surface area contributed by atoms with E-state index in [1.165, 1.54) is 0 Å². The molecule has 2 aliphatic heterocycles. The topological polar surface area (TPSA) is 139 Å². The molecule has 5 rings (SSSR count). The number of hydrogen-bond acceptors (Lipinski definition) is 7. The summed E-state index contributed by atoms with van der Waals surface area (Å²) in [5.74, 6) is 1.32. The summed E-state index contributed by atoms with van der Waals surface area (Å²) in [5, 5.41) is 21.0. The number of para-hydroxylation sites is 1. The van der Waals surface area contributed by atoms with E-state index in [0.29, 0.717) is 41.2 Å². The van der Waals surface area contributed by atoms with Gasteiger partial charge in [0.15, 0.2) is 11.5 Å². The molecule has 3 aromatic rings. The fraction of sp³-hybridized carbons (Fsp3) is 0.292. The minimum atomic E-state index is -0.739. The minimum Gasteiger partial charge on any atom is -0.483 e. The summed E-state index contributed by atoms with van der Waals surface area (Å²) >= 11 is 0. The third-order valence-electron chi connectivity index (χ3n) is 5.58. The van der Waals surface area contributed by atoms with Crippen molar-refractivity contribution in [3.8, 4) is 11.5 Å². The molecule has 2 aliphatic rings. The van der Waals surface area contributed by atoms with Gasteiger partial charge in [-0.05, 0) is 43.7 Å². The van der Waals surface area contributed by atoms with Gasteiger partial charge in [0.2, 0.25) is 6.79 Å². The van der Waals surface area contributed by atoms with Crippen LogP contribution in [0.4, 0.5) is 0 Å². The van der Waals surface area contributed by atoms with E-state index < -0.39 is 6.10 Å². The van der Waals surface area contributed by atoms with Crippen molar-refractivity contribution >= 4 is 29.3 Å². The van der Waals surface area contributed by atoms with Crippen LogP contribution in [0.3, 0.4) is 0 Å². The number of β-amino-alcohol motifs (C(OH)–C–C–N with tert-alkyl or cyclic N) is 1. The van der Waals surface area contributed by atoms with Gasteiger partial charge in [0.1, 0.15) is 11.3 Å². The van der Waals surface area contributed by atoms with E-state index in [1.54, 1.807) is 29.2 Å². The third kappa shape index (κ3) is 4.81. The lowest BCUT2D eigenvalue weighted by Crippen LogP contribution is -2.54. The van der Waals surface area contributed by atoms with Gasteiger partial charge < -0.3 is 34.3 Å². The molecule has 3 N–H and O–H groups in total. The Balaban J connectivity index is 0.000000868. The smallest absolute Gasteiger partial charge is 0.290 e. The van der Waals surface area contributed by atoms with Gasteiger partial charge >= 0.3 is 0 Å². The molecule has 1 saturated heterocycles. The first kappa shape index (κ1) is 23.1. The Morgan fingerprint density at radius 2 is 1.88 bits per heavy atom. The molecular weight excluding hydrogens is 444 g/mol. The van der Waals surface area contributed by atoms with Gasteiger partial charge in [-0.15, -0.1) is 0 Å². The first-order chi connectivity index (χ1) is 16.4. The third-order valence-corrected chi connectivity index (χ3v) is 5.58. The van der Waals surface area contributed by atoms with Gasteiger partial charge in [-0.1, -0.05) is 12.1 Å². The van der Waals surface area contributed by atoms with Gasteiger partial charge in [-0.2, -0.15) is 0 Å². The van der Waals surface area contributed by atoms with Crippen molar-refractivity contribution in [1.82, 2.24) is 10.2 Å². The van der Waals surface area contributed by atoms with Gasteiger partial charge in [0, 0.05) is 30.1 Å². The lowest BCUT2D eigenvalue weighted by Gasteiger charge is -2.36. The van der Waals surface area contributed by atoms with Crippen molar-refractivity contribution in [2.75, 3.05) is 19.9 Å². The molecule has 3 heterocycles.